The molecule has 0 atom stereocenters. The van der Waals surface area contributed by atoms with E-state index in [9.17, 15) is 4.79 Å². The van der Waals surface area contributed by atoms with Crippen molar-refractivity contribution in [3.63, 3.8) is 0 Å². The third-order valence-electron chi connectivity index (χ3n) is 2.90. The van der Waals surface area contributed by atoms with E-state index in [-0.39, 0.29) is 5.91 Å². The Kier molecular flexibility index (Phi) is 1.65. The van der Waals surface area contributed by atoms with Crippen LogP contribution in [0.2, 0.25) is 0 Å². The van der Waals surface area contributed by atoms with Gasteiger partial charge in [0.05, 0.1) is 13.2 Å². The van der Waals surface area contributed by atoms with Crippen molar-refractivity contribution >= 4 is 5.91 Å². The molecule has 0 aromatic rings. The minimum absolute atomic E-state index is 0.274. The van der Waals surface area contributed by atoms with Crippen LogP contribution in [0, 0.1) is 5.41 Å². The highest BCUT2D eigenvalue weighted by Crippen LogP contribution is 2.42. The number of nitrogens with one attached hydrogen (secondary N) is 1. The van der Waals surface area contributed by atoms with Crippen LogP contribution in [0.4, 0.5) is 0 Å². The number of amides is 1. The minimum atomic E-state index is 0.274. The standard InChI is InChI=1S/C9H16N2O/c1-9(2)3-7(4-9)11-6-10-5-8(11)12/h7,10H,3-6H2,1-2H3. The molecule has 0 aromatic carbocycles. The topological polar surface area (TPSA) is 32.3 Å². The summed E-state index contributed by atoms with van der Waals surface area (Å²) in [6, 6.07) is 0.516. The van der Waals surface area contributed by atoms with Gasteiger partial charge in [0.1, 0.15) is 0 Å². The third-order valence-corrected chi connectivity index (χ3v) is 2.90. The van der Waals surface area contributed by atoms with Gasteiger partial charge in [-0.25, -0.2) is 0 Å². The lowest BCUT2D eigenvalue weighted by Crippen LogP contribution is -2.49. The van der Waals surface area contributed by atoms with E-state index in [0.717, 1.165) is 6.67 Å². The number of hydrogen-bond donors (Lipinski definition) is 1. The van der Waals surface area contributed by atoms with Crippen LogP contribution in [0.15, 0.2) is 0 Å². The van der Waals surface area contributed by atoms with Crippen LogP contribution in [0.5, 0.6) is 0 Å². The van der Waals surface area contributed by atoms with Gasteiger partial charge in [0, 0.05) is 6.04 Å². The Labute approximate surface area is 73.1 Å². The quantitative estimate of drug-likeness (QED) is 0.620. The molecule has 0 bridgehead atoms. The van der Waals surface area contributed by atoms with Crippen molar-refractivity contribution in [2.45, 2.75) is 32.7 Å². The van der Waals surface area contributed by atoms with Gasteiger partial charge < -0.3 is 4.90 Å². The van der Waals surface area contributed by atoms with Gasteiger partial charge in [-0.15, -0.1) is 0 Å². The molecule has 2 rings (SSSR count). The molecule has 1 saturated carbocycles. The summed E-state index contributed by atoms with van der Waals surface area (Å²) in [4.78, 5) is 13.3. The fourth-order valence-electron chi connectivity index (χ4n) is 2.24. The Morgan fingerprint density at radius 2 is 2.17 bits per heavy atom. The average molecular weight is 168 g/mol. The summed E-state index contributed by atoms with van der Waals surface area (Å²) >= 11 is 0. The van der Waals surface area contributed by atoms with Crippen LogP contribution in [0.3, 0.4) is 0 Å². The summed E-state index contributed by atoms with van der Waals surface area (Å²) in [5.41, 5.74) is 0.466. The molecule has 1 saturated heterocycles. The molecule has 2 fully saturated rings. The maximum Gasteiger partial charge on any atom is 0.237 e. The van der Waals surface area contributed by atoms with Gasteiger partial charge in [-0.3, -0.25) is 10.1 Å². The molecule has 2 aliphatic rings. The average Bonchev–Trinajstić information content (AvgIpc) is 2.30. The maximum atomic E-state index is 11.3. The van der Waals surface area contributed by atoms with Crippen molar-refractivity contribution in [3.8, 4) is 0 Å². The van der Waals surface area contributed by atoms with E-state index in [1.807, 2.05) is 4.90 Å². The minimum Gasteiger partial charge on any atom is -0.326 e. The number of carbonyl (C=O) groups is 1. The van der Waals surface area contributed by atoms with Crippen molar-refractivity contribution in [3.05, 3.63) is 0 Å². The molecule has 3 nitrogen and oxygen atoms in total. The van der Waals surface area contributed by atoms with Crippen molar-refractivity contribution in [2.75, 3.05) is 13.2 Å². The predicted octanol–water partition coefficient (Wildman–Crippen LogP) is 0.564. The normalized spacial score (nSPS) is 29.2. The summed E-state index contributed by atoms with van der Waals surface area (Å²) in [7, 11) is 0. The van der Waals surface area contributed by atoms with Gasteiger partial charge >= 0.3 is 0 Å². The van der Waals surface area contributed by atoms with Crippen LogP contribution in [-0.4, -0.2) is 30.1 Å². The summed E-state index contributed by atoms with van der Waals surface area (Å²) in [6.07, 6.45) is 2.33. The first-order valence-electron chi connectivity index (χ1n) is 4.59. The second-order valence-electron chi connectivity index (χ2n) is 4.67. The van der Waals surface area contributed by atoms with Crippen molar-refractivity contribution in [1.29, 1.82) is 0 Å². The van der Waals surface area contributed by atoms with Gasteiger partial charge in [0.2, 0.25) is 5.91 Å². The van der Waals surface area contributed by atoms with E-state index >= 15 is 0 Å². The molecular weight excluding hydrogens is 152 g/mol. The molecule has 12 heavy (non-hydrogen) atoms. The molecule has 68 valence electrons. The van der Waals surface area contributed by atoms with E-state index in [1.165, 1.54) is 12.8 Å². The summed E-state index contributed by atoms with van der Waals surface area (Å²) in [5.74, 6) is 0.274. The van der Waals surface area contributed by atoms with E-state index in [1.54, 1.807) is 0 Å². The second-order valence-corrected chi connectivity index (χ2v) is 4.67. The third kappa shape index (κ3) is 1.22. The number of nitrogens with zero attached hydrogens (tertiary/aromatic N) is 1. The molecule has 1 amide bonds. The van der Waals surface area contributed by atoms with E-state index in [0.29, 0.717) is 18.0 Å². The van der Waals surface area contributed by atoms with Gasteiger partial charge in [-0.2, -0.15) is 0 Å². The van der Waals surface area contributed by atoms with Crippen molar-refractivity contribution in [2.24, 2.45) is 5.41 Å². The van der Waals surface area contributed by atoms with Gasteiger partial charge in [-0.1, -0.05) is 13.8 Å². The molecule has 3 heteroatoms. The Balaban J connectivity index is 1.92. The molecule has 0 spiro atoms. The van der Waals surface area contributed by atoms with Crippen LogP contribution in [-0.2, 0) is 4.79 Å². The monoisotopic (exact) mass is 168 g/mol. The lowest BCUT2D eigenvalue weighted by Gasteiger charge is -2.46. The number of hydrogen-bond acceptors (Lipinski definition) is 2. The highest BCUT2D eigenvalue weighted by molar-refractivity contribution is 5.80. The Bertz CT molecular complexity index is 205. The molecule has 1 N–H and O–H groups in total. The lowest BCUT2D eigenvalue weighted by atomic mass is 9.68. The Hall–Kier alpha value is -0.570. The molecule has 1 aliphatic heterocycles. The Morgan fingerprint density at radius 3 is 2.58 bits per heavy atom. The zero-order chi connectivity index (χ0) is 8.77. The molecule has 0 radical (unpaired) electrons. The molecular formula is C9H16N2O. The van der Waals surface area contributed by atoms with Crippen molar-refractivity contribution in [1.82, 2.24) is 10.2 Å². The first kappa shape index (κ1) is 8.05. The smallest absolute Gasteiger partial charge is 0.237 e. The van der Waals surface area contributed by atoms with Gasteiger partial charge in [0.25, 0.3) is 0 Å². The maximum absolute atomic E-state index is 11.3. The summed E-state index contributed by atoms with van der Waals surface area (Å²) < 4.78 is 0. The van der Waals surface area contributed by atoms with E-state index in [4.69, 9.17) is 0 Å². The van der Waals surface area contributed by atoms with Crippen molar-refractivity contribution < 1.29 is 4.79 Å². The second kappa shape index (κ2) is 2.46. The highest BCUT2D eigenvalue weighted by Gasteiger charge is 2.42. The first-order valence-corrected chi connectivity index (χ1v) is 4.59. The van der Waals surface area contributed by atoms with Crippen LogP contribution in [0.25, 0.3) is 0 Å². The zero-order valence-electron chi connectivity index (χ0n) is 7.76. The van der Waals surface area contributed by atoms with Crippen LogP contribution in [0.1, 0.15) is 26.7 Å². The molecule has 0 unspecified atom stereocenters. The van der Waals surface area contributed by atoms with Crippen LogP contribution >= 0.6 is 0 Å². The molecule has 1 heterocycles. The molecule has 1 aliphatic carbocycles. The van der Waals surface area contributed by atoms with E-state index < -0.39 is 0 Å². The van der Waals surface area contributed by atoms with Gasteiger partial charge in [-0.05, 0) is 18.3 Å². The summed E-state index contributed by atoms with van der Waals surface area (Å²) in [5, 5.41) is 3.07. The predicted molar refractivity (Wildman–Crippen MR) is 46.5 cm³/mol. The fourth-order valence-corrected chi connectivity index (χ4v) is 2.24. The summed E-state index contributed by atoms with van der Waals surface area (Å²) in [6.45, 7) is 5.82. The highest BCUT2D eigenvalue weighted by atomic mass is 16.2. The first-order chi connectivity index (χ1) is 5.58. The number of rotatable bonds is 1. The Morgan fingerprint density at radius 1 is 1.50 bits per heavy atom. The zero-order valence-corrected chi connectivity index (χ0v) is 7.76. The van der Waals surface area contributed by atoms with Crippen LogP contribution < -0.4 is 5.32 Å². The fraction of sp³-hybridized carbons (Fsp3) is 0.889. The largest absolute Gasteiger partial charge is 0.326 e. The van der Waals surface area contributed by atoms with E-state index in [2.05, 4.69) is 19.2 Å². The molecule has 0 aromatic heterocycles. The lowest BCUT2D eigenvalue weighted by molar-refractivity contribution is -0.132. The van der Waals surface area contributed by atoms with Gasteiger partial charge in [0.15, 0.2) is 0 Å². The number of carbonyl (C=O) groups excluding carboxylic acids is 1. The SMILES string of the molecule is CC1(C)CC(N2CNCC2=O)C1.